The van der Waals surface area contributed by atoms with Crippen molar-refractivity contribution in [2.45, 2.75) is 77.3 Å². The summed E-state index contributed by atoms with van der Waals surface area (Å²) in [7, 11) is 0. The largest absolute Gasteiger partial charge is 0.373 e. The summed E-state index contributed by atoms with van der Waals surface area (Å²) in [5, 5.41) is 7.10. The Bertz CT molecular complexity index is 689. The van der Waals surface area contributed by atoms with Gasteiger partial charge in [0.15, 0.2) is 5.96 Å². The molecular formula is C23H36N4O. The molecule has 0 saturated carbocycles. The van der Waals surface area contributed by atoms with E-state index >= 15 is 0 Å². The average molecular weight is 385 g/mol. The first-order valence-electron chi connectivity index (χ1n) is 11.1. The maximum absolute atomic E-state index is 6.00. The third-order valence-electron chi connectivity index (χ3n) is 6.61. The first kappa shape index (κ1) is 19.7. The van der Waals surface area contributed by atoms with E-state index in [1.54, 1.807) is 0 Å². The van der Waals surface area contributed by atoms with Gasteiger partial charge in [0.05, 0.1) is 24.8 Å². The molecule has 0 spiro atoms. The number of rotatable bonds is 6. The van der Waals surface area contributed by atoms with E-state index in [4.69, 9.17) is 9.73 Å². The summed E-state index contributed by atoms with van der Waals surface area (Å²) in [4.78, 5) is 7.64. The van der Waals surface area contributed by atoms with Crippen LogP contribution in [0.4, 0.5) is 0 Å². The molecule has 1 aromatic carbocycles. The van der Waals surface area contributed by atoms with Gasteiger partial charge in [0.1, 0.15) is 0 Å². The van der Waals surface area contributed by atoms with Crippen molar-refractivity contribution in [3.8, 4) is 0 Å². The topological polar surface area (TPSA) is 48.9 Å². The molecule has 3 aliphatic heterocycles. The average Bonchev–Trinajstić information content (AvgIpc) is 3.31. The Morgan fingerprint density at radius 1 is 1.25 bits per heavy atom. The second-order valence-electron chi connectivity index (χ2n) is 8.88. The van der Waals surface area contributed by atoms with Gasteiger partial charge < -0.3 is 15.4 Å². The molecule has 0 aromatic heterocycles. The number of ether oxygens (including phenoxy) is 1. The van der Waals surface area contributed by atoms with Crippen LogP contribution < -0.4 is 10.6 Å². The summed E-state index contributed by atoms with van der Waals surface area (Å²) in [6, 6.07) is 9.75. The van der Waals surface area contributed by atoms with E-state index in [0.717, 1.165) is 45.0 Å². The minimum atomic E-state index is 0.369. The van der Waals surface area contributed by atoms with E-state index < -0.39 is 0 Å². The fourth-order valence-corrected chi connectivity index (χ4v) is 5.02. The molecule has 2 N–H and O–H groups in total. The van der Waals surface area contributed by atoms with Crippen molar-refractivity contribution in [3.63, 3.8) is 0 Å². The van der Waals surface area contributed by atoms with Crippen LogP contribution in [0.3, 0.4) is 0 Å². The zero-order valence-electron chi connectivity index (χ0n) is 17.7. The van der Waals surface area contributed by atoms with Gasteiger partial charge in [-0.1, -0.05) is 38.1 Å². The summed E-state index contributed by atoms with van der Waals surface area (Å²) >= 11 is 0. The summed E-state index contributed by atoms with van der Waals surface area (Å²) < 4.78 is 6.00. The molecular weight excluding hydrogens is 348 g/mol. The van der Waals surface area contributed by atoms with Crippen LogP contribution in [0.2, 0.25) is 0 Å². The lowest BCUT2D eigenvalue weighted by Crippen LogP contribution is -2.49. The summed E-state index contributed by atoms with van der Waals surface area (Å²) in [5.41, 5.74) is 2.99. The van der Waals surface area contributed by atoms with Crippen molar-refractivity contribution >= 4 is 5.96 Å². The molecule has 2 fully saturated rings. The molecule has 5 heteroatoms. The Morgan fingerprint density at radius 2 is 2.07 bits per heavy atom. The van der Waals surface area contributed by atoms with Gasteiger partial charge in [0.25, 0.3) is 0 Å². The third kappa shape index (κ3) is 4.36. The second kappa shape index (κ2) is 8.83. The maximum atomic E-state index is 6.00. The van der Waals surface area contributed by atoms with Crippen LogP contribution in [-0.4, -0.2) is 54.8 Å². The molecule has 0 amide bonds. The standard InChI is InChI=1S/C23H36N4O/c1-4-24-23(26-20-13-19-9-10-22(20)28-19)25-14-21(16(2)3)27-12-11-17-7-5-6-8-18(17)15-27/h5-8,16,19-22H,4,9-15H2,1-3H3,(H2,24,25,26). The highest BCUT2D eigenvalue weighted by Gasteiger charge is 2.41. The van der Waals surface area contributed by atoms with Crippen molar-refractivity contribution in [1.82, 2.24) is 15.5 Å². The van der Waals surface area contributed by atoms with E-state index in [1.807, 2.05) is 0 Å². The lowest BCUT2D eigenvalue weighted by atomic mass is 9.95. The van der Waals surface area contributed by atoms with Crippen LogP contribution in [0.15, 0.2) is 29.3 Å². The zero-order valence-corrected chi connectivity index (χ0v) is 17.7. The number of aliphatic imine (C=N–C) groups is 1. The smallest absolute Gasteiger partial charge is 0.191 e. The molecule has 3 aliphatic rings. The van der Waals surface area contributed by atoms with Gasteiger partial charge in [-0.3, -0.25) is 9.89 Å². The molecule has 1 aromatic rings. The fraction of sp³-hybridized carbons (Fsp3) is 0.696. The molecule has 0 radical (unpaired) electrons. The van der Waals surface area contributed by atoms with E-state index in [1.165, 1.54) is 24.0 Å². The van der Waals surface area contributed by atoms with Crippen LogP contribution in [0.5, 0.6) is 0 Å². The molecule has 3 heterocycles. The number of guanidine groups is 1. The maximum Gasteiger partial charge on any atom is 0.191 e. The molecule has 4 rings (SSSR count). The molecule has 2 bridgehead atoms. The summed E-state index contributed by atoms with van der Waals surface area (Å²) in [5.74, 6) is 1.52. The van der Waals surface area contributed by atoms with Gasteiger partial charge in [-0.25, -0.2) is 0 Å². The van der Waals surface area contributed by atoms with E-state index in [9.17, 15) is 0 Å². The molecule has 0 aliphatic carbocycles. The van der Waals surface area contributed by atoms with Gasteiger partial charge in [0, 0.05) is 25.7 Å². The monoisotopic (exact) mass is 384 g/mol. The molecule has 28 heavy (non-hydrogen) atoms. The highest BCUT2D eigenvalue weighted by Crippen LogP contribution is 2.34. The highest BCUT2D eigenvalue weighted by molar-refractivity contribution is 5.80. The molecule has 5 nitrogen and oxygen atoms in total. The van der Waals surface area contributed by atoms with Gasteiger partial charge in [0.2, 0.25) is 0 Å². The number of benzene rings is 1. The van der Waals surface area contributed by atoms with Crippen LogP contribution >= 0.6 is 0 Å². The van der Waals surface area contributed by atoms with Crippen molar-refractivity contribution < 1.29 is 4.74 Å². The van der Waals surface area contributed by atoms with Crippen molar-refractivity contribution in [2.24, 2.45) is 10.9 Å². The van der Waals surface area contributed by atoms with Crippen LogP contribution in [-0.2, 0) is 17.7 Å². The third-order valence-corrected chi connectivity index (χ3v) is 6.61. The number of nitrogens with zero attached hydrogens (tertiary/aromatic N) is 2. The fourth-order valence-electron chi connectivity index (χ4n) is 5.02. The van der Waals surface area contributed by atoms with Crippen LogP contribution in [0.1, 0.15) is 51.2 Å². The van der Waals surface area contributed by atoms with Gasteiger partial charge >= 0.3 is 0 Å². The zero-order chi connectivity index (χ0) is 19.5. The number of hydrogen-bond acceptors (Lipinski definition) is 3. The van der Waals surface area contributed by atoms with Crippen molar-refractivity contribution in [1.29, 1.82) is 0 Å². The quantitative estimate of drug-likeness (QED) is 0.585. The predicted molar refractivity (Wildman–Crippen MR) is 115 cm³/mol. The highest BCUT2D eigenvalue weighted by atomic mass is 16.5. The normalized spacial score (nSPS) is 28.4. The summed E-state index contributed by atoms with van der Waals surface area (Å²) in [6.45, 7) is 10.7. The van der Waals surface area contributed by atoms with Gasteiger partial charge in [-0.15, -0.1) is 0 Å². The second-order valence-corrected chi connectivity index (χ2v) is 8.88. The Balaban J connectivity index is 1.41. The van der Waals surface area contributed by atoms with E-state index in [0.29, 0.717) is 30.2 Å². The minimum absolute atomic E-state index is 0.369. The Labute approximate surface area is 169 Å². The van der Waals surface area contributed by atoms with E-state index in [2.05, 4.69) is 60.6 Å². The molecule has 4 atom stereocenters. The first-order valence-corrected chi connectivity index (χ1v) is 11.1. The van der Waals surface area contributed by atoms with Crippen LogP contribution in [0.25, 0.3) is 0 Å². The number of fused-ring (bicyclic) bond motifs is 3. The first-order chi connectivity index (χ1) is 13.6. The Kier molecular flexibility index (Phi) is 6.22. The lowest BCUT2D eigenvalue weighted by Gasteiger charge is -2.37. The van der Waals surface area contributed by atoms with Gasteiger partial charge in [-0.05, 0) is 49.7 Å². The van der Waals surface area contributed by atoms with E-state index in [-0.39, 0.29) is 0 Å². The number of hydrogen-bond donors (Lipinski definition) is 2. The Morgan fingerprint density at radius 3 is 2.75 bits per heavy atom. The molecule has 4 unspecified atom stereocenters. The Hall–Kier alpha value is -1.59. The summed E-state index contributed by atoms with van der Waals surface area (Å²) in [6.07, 6.45) is 5.50. The molecule has 154 valence electrons. The van der Waals surface area contributed by atoms with Gasteiger partial charge in [-0.2, -0.15) is 0 Å². The van der Waals surface area contributed by atoms with Crippen molar-refractivity contribution in [3.05, 3.63) is 35.4 Å². The SMILES string of the molecule is CCNC(=NCC(C(C)C)N1CCc2ccccc2C1)NC1CC2CCC1O2. The predicted octanol–water partition coefficient (Wildman–Crippen LogP) is 2.94. The molecule has 2 saturated heterocycles. The number of nitrogens with one attached hydrogen (secondary N) is 2. The lowest BCUT2D eigenvalue weighted by molar-refractivity contribution is 0.0992. The minimum Gasteiger partial charge on any atom is -0.373 e. The van der Waals surface area contributed by atoms with Crippen molar-refractivity contribution in [2.75, 3.05) is 19.6 Å². The van der Waals surface area contributed by atoms with Crippen LogP contribution in [0, 0.1) is 5.92 Å².